The highest BCUT2D eigenvalue weighted by molar-refractivity contribution is 5.91. The Morgan fingerprint density at radius 3 is 2.74 bits per heavy atom. The third-order valence-corrected chi connectivity index (χ3v) is 5.68. The molecule has 0 radical (unpaired) electrons. The van der Waals surface area contributed by atoms with Crippen molar-refractivity contribution in [2.45, 2.75) is 18.4 Å². The minimum Gasteiger partial charge on any atom is -0.468 e. The van der Waals surface area contributed by atoms with E-state index in [0.29, 0.717) is 0 Å². The van der Waals surface area contributed by atoms with E-state index in [-0.39, 0.29) is 17.9 Å². The smallest absolute Gasteiger partial charge is 0.330 e. The summed E-state index contributed by atoms with van der Waals surface area (Å²) in [5.41, 5.74) is 4.13. The summed E-state index contributed by atoms with van der Waals surface area (Å²) in [6.07, 6.45) is 5.78. The first-order valence-corrected chi connectivity index (χ1v) is 8.94. The molecule has 3 atom stereocenters. The highest BCUT2D eigenvalue weighted by atomic mass is 16.5. The summed E-state index contributed by atoms with van der Waals surface area (Å²) in [5, 5.41) is 4.61. The fourth-order valence-electron chi connectivity index (χ4n) is 4.47. The number of aromatic nitrogens is 1. The third kappa shape index (κ3) is 2.63. The number of ether oxygens (including phenoxy) is 2. The summed E-state index contributed by atoms with van der Waals surface area (Å²) in [5.74, 6) is -1.17. The monoisotopic (exact) mass is 366 g/mol. The number of hydrogen-bond acceptors (Lipinski definition) is 5. The molecule has 6 nitrogen and oxygen atoms in total. The highest BCUT2D eigenvalue weighted by Gasteiger charge is 2.45. The van der Waals surface area contributed by atoms with Crippen LogP contribution in [-0.2, 0) is 26.1 Å². The van der Waals surface area contributed by atoms with Crippen molar-refractivity contribution in [2.75, 3.05) is 14.2 Å². The van der Waals surface area contributed by atoms with Crippen molar-refractivity contribution in [3.05, 3.63) is 59.4 Å². The normalized spacial score (nSPS) is 23.5. The van der Waals surface area contributed by atoms with E-state index < -0.39 is 11.9 Å². The molecule has 2 heterocycles. The summed E-state index contributed by atoms with van der Waals surface area (Å²) >= 11 is 0. The number of rotatable bonds is 3. The van der Waals surface area contributed by atoms with Crippen molar-refractivity contribution >= 4 is 22.8 Å². The summed E-state index contributed by atoms with van der Waals surface area (Å²) in [4.78, 5) is 24.3. The van der Waals surface area contributed by atoms with Crippen LogP contribution < -0.4 is 5.32 Å². The molecule has 140 valence electrons. The summed E-state index contributed by atoms with van der Waals surface area (Å²) in [6, 6.07) is 8.31. The maximum absolute atomic E-state index is 12.8. The molecule has 2 aliphatic rings. The highest BCUT2D eigenvalue weighted by Crippen LogP contribution is 2.50. The van der Waals surface area contributed by atoms with Crippen LogP contribution in [0.4, 0.5) is 0 Å². The van der Waals surface area contributed by atoms with Crippen molar-refractivity contribution in [1.82, 2.24) is 9.88 Å². The number of para-hydroxylation sites is 1. The maximum Gasteiger partial charge on any atom is 0.330 e. The molecule has 2 bridgehead atoms. The lowest BCUT2D eigenvalue weighted by Crippen LogP contribution is -2.38. The van der Waals surface area contributed by atoms with Crippen LogP contribution in [-0.4, -0.2) is 30.7 Å². The van der Waals surface area contributed by atoms with Gasteiger partial charge in [-0.1, -0.05) is 24.3 Å². The lowest BCUT2D eigenvalue weighted by atomic mass is 9.70. The van der Waals surface area contributed by atoms with Crippen LogP contribution in [0.5, 0.6) is 0 Å². The number of aryl methyl sites for hydroxylation is 1. The maximum atomic E-state index is 12.8. The lowest BCUT2D eigenvalue weighted by Gasteiger charge is -2.40. The number of nitrogens with zero attached hydrogens (tertiary/aromatic N) is 1. The van der Waals surface area contributed by atoms with Crippen molar-refractivity contribution < 1.29 is 19.1 Å². The van der Waals surface area contributed by atoms with E-state index in [0.717, 1.165) is 34.2 Å². The minimum atomic E-state index is -0.422. The van der Waals surface area contributed by atoms with Crippen molar-refractivity contribution in [3.8, 4) is 0 Å². The SMILES string of the molecule is COC(=O)/C=C/C1=CN[C@H]2C[C@@H]1[C@H](C(=O)OC)c1c2c2ccccc2n1C. The number of esters is 2. The zero-order chi connectivity index (χ0) is 19.1. The van der Waals surface area contributed by atoms with Gasteiger partial charge >= 0.3 is 11.9 Å². The molecule has 6 heteroatoms. The van der Waals surface area contributed by atoms with Gasteiger partial charge in [-0.25, -0.2) is 4.79 Å². The second-order valence-electron chi connectivity index (χ2n) is 6.94. The van der Waals surface area contributed by atoms with Crippen molar-refractivity contribution in [1.29, 1.82) is 0 Å². The average molecular weight is 366 g/mol. The zero-order valence-corrected chi connectivity index (χ0v) is 15.6. The molecule has 1 aliphatic heterocycles. The Labute approximate surface area is 157 Å². The van der Waals surface area contributed by atoms with Crippen LogP contribution in [0.15, 0.2) is 48.2 Å². The standard InChI is InChI=1S/C21H22N2O4/c1-23-16-7-5-4-6-13(16)18-15-10-14(19(20(18)23)21(25)27-3)12(11-22-15)8-9-17(24)26-2/h4-9,11,14-15,19,22H,10H2,1-3H3/b9-8+/t14-,15-,19-/m0/s1. The van der Waals surface area contributed by atoms with E-state index in [1.807, 2.05) is 25.4 Å². The Morgan fingerprint density at radius 2 is 2.00 bits per heavy atom. The molecule has 1 aliphatic carbocycles. The number of fused-ring (bicyclic) bond motifs is 6. The van der Waals surface area contributed by atoms with E-state index in [1.54, 1.807) is 6.08 Å². The summed E-state index contributed by atoms with van der Waals surface area (Å²) in [6.45, 7) is 0. The van der Waals surface area contributed by atoms with E-state index >= 15 is 0 Å². The van der Waals surface area contributed by atoms with Gasteiger partial charge in [0.05, 0.1) is 20.3 Å². The predicted molar refractivity (Wildman–Crippen MR) is 101 cm³/mol. The lowest BCUT2D eigenvalue weighted by molar-refractivity contribution is -0.144. The van der Waals surface area contributed by atoms with Crippen LogP contribution in [0.3, 0.4) is 0 Å². The molecule has 0 amide bonds. The quantitative estimate of drug-likeness (QED) is 0.668. The number of benzene rings is 1. The summed E-state index contributed by atoms with van der Waals surface area (Å²) < 4.78 is 12.0. The first kappa shape index (κ1) is 17.4. The van der Waals surface area contributed by atoms with Gasteiger partial charge in [0.15, 0.2) is 0 Å². The van der Waals surface area contributed by atoms with Gasteiger partial charge in [-0.05, 0) is 18.1 Å². The Balaban J connectivity index is 1.88. The first-order chi connectivity index (χ1) is 13.1. The van der Waals surface area contributed by atoms with E-state index in [1.165, 1.54) is 20.3 Å². The fourth-order valence-corrected chi connectivity index (χ4v) is 4.47. The first-order valence-electron chi connectivity index (χ1n) is 8.94. The molecule has 0 spiro atoms. The molecular formula is C21H22N2O4. The van der Waals surface area contributed by atoms with Gasteiger partial charge in [0, 0.05) is 47.4 Å². The Hall–Kier alpha value is -3.02. The van der Waals surface area contributed by atoms with E-state index in [9.17, 15) is 9.59 Å². The second-order valence-corrected chi connectivity index (χ2v) is 6.94. The van der Waals surface area contributed by atoms with E-state index in [4.69, 9.17) is 4.74 Å². The van der Waals surface area contributed by atoms with Gasteiger partial charge in [-0.15, -0.1) is 0 Å². The topological polar surface area (TPSA) is 69.6 Å². The molecule has 0 fully saturated rings. The number of carbonyl (C=O) groups is 2. The van der Waals surface area contributed by atoms with Crippen LogP contribution in [0.1, 0.15) is 29.6 Å². The van der Waals surface area contributed by atoms with Crippen LogP contribution in [0, 0.1) is 5.92 Å². The molecule has 1 aromatic heterocycles. The largest absolute Gasteiger partial charge is 0.468 e. The van der Waals surface area contributed by atoms with E-state index in [2.05, 4.69) is 26.8 Å². The number of methoxy groups -OCH3 is 2. The Morgan fingerprint density at radius 1 is 1.22 bits per heavy atom. The molecule has 1 N–H and O–H groups in total. The molecular weight excluding hydrogens is 344 g/mol. The van der Waals surface area contributed by atoms with Crippen LogP contribution in [0.25, 0.3) is 10.9 Å². The average Bonchev–Trinajstić information content (AvgIpc) is 3.00. The number of allylic oxidation sites excluding steroid dienone is 2. The molecule has 0 saturated heterocycles. The summed E-state index contributed by atoms with van der Waals surface area (Å²) in [7, 11) is 4.76. The van der Waals surface area contributed by atoms with Crippen molar-refractivity contribution in [3.63, 3.8) is 0 Å². The molecule has 2 aromatic rings. The molecule has 1 aromatic carbocycles. The van der Waals surface area contributed by atoms with Gasteiger partial charge in [-0.3, -0.25) is 4.79 Å². The van der Waals surface area contributed by atoms with Crippen LogP contribution in [0.2, 0.25) is 0 Å². The number of nitrogens with one attached hydrogen (secondary N) is 1. The van der Waals surface area contributed by atoms with Gasteiger partial charge in [0.2, 0.25) is 0 Å². The van der Waals surface area contributed by atoms with Gasteiger partial charge < -0.3 is 19.4 Å². The number of carbonyl (C=O) groups excluding carboxylic acids is 2. The Kier molecular flexibility index (Phi) is 4.26. The molecule has 27 heavy (non-hydrogen) atoms. The molecule has 0 saturated carbocycles. The predicted octanol–water partition coefficient (Wildman–Crippen LogP) is 2.71. The third-order valence-electron chi connectivity index (χ3n) is 5.68. The Bertz CT molecular complexity index is 985. The molecule has 0 unspecified atom stereocenters. The zero-order valence-electron chi connectivity index (χ0n) is 15.6. The minimum absolute atomic E-state index is 0.0693. The second kappa shape index (κ2) is 6.61. The van der Waals surface area contributed by atoms with Crippen LogP contribution >= 0.6 is 0 Å². The van der Waals surface area contributed by atoms with Gasteiger partial charge in [0.1, 0.15) is 5.92 Å². The number of hydrogen-bond donors (Lipinski definition) is 1. The fraction of sp³-hybridized carbons (Fsp3) is 0.333. The molecule has 4 rings (SSSR count). The van der Waals surface area contributed by atoms with Gasteiger partial charge in [-0.2, -0.15) is 0 Å². The van der Waals surface area contributed by atoms with Crippen molar-refractivity contribution in [2.24, 2.45) is 13.0 Å². The van der Waals surface area contributed by atoms with Gasteiger partial charge in [0.25, 0.3) is 0 Å².